The van der Waals surface area contributed by atoms with Crippen LogP contribution in [0.2, 0.25) is 5.02 Å². The van der Waals surface area contributed by atoms with Gasteiger partial charge in [0.25, 0.3) is 0 Å². The lowest BCUT2D eigenvalue weighted by Crippen LogP contribution is -2.50. The van der Waals surface area contributed by atoms with Crippen LogP contribution in [0.3, 0.4) is 0 Å². The van der Waals surface area contributed by atoms with Crippen molar-refractivity contribution in [3.63, 3.8) is 0 Å². The van der Waals surface area contributed by atoms with Crippen molar-refractivity contribution < 1.29 is 19.1 Å². The lowest BCUT2D eigenvalue weighted by atomic mass is 9.49. The summed E-state index contributed by atoms with van der Waals surface area (Å²) in [4.78, 5) is 25.0. The number of nitrogens with one attached hydrogen (secondary N) is 2. The molecule has 0 radical (unpaired) electrons. The van der Waals surface area contributed by atoms with E-state index in [1.54, 1.807) is 12.1 Å². The van der Waals surface area contributed by atoms with Gasteiger partial charge in [-0.1, -0.05) is 11.6 Å². The maximum atomic E-state index is 12.6. The zero-order valence-corrected chi connectivity index (χ0v) is 17.9. The summed E-state index contributed by atoms with van der Waals surface area (Å²) in [6.45, 7) is 1.11. The highest BCUT2D eigenvalue weighted by atomic mass is 35.5. The van der Waals surface area contributed by atoms with Gasteiger partial charge < -0.3 is 9.47 Å². The van der Waals surface area contributed by atoms with Crippen molar-refractivity contribution in [2.24, 2.45) is 23.2 Å². The number of carbonyl (C=O) groups excluding carboxylic acids is 2. The van der Waals surface area contributed by atoms with E-state index >= 15 is 0 Å². The minimum absolute atomic E-state index is 0.0815. The average Bonchev–Trinajstić information content (AvgIpc) is 2.91. The molecule has 1 aliphatic heterocycles. The van der Waals surface area contributed by atoms with Gasteiger partial charge in [0.2, 0.25) is 11.8 Å². The summed E-state index contributed by atoms with van der Waals surface area (Å²) in [6.07, 6.45) is 9.01. The first-order chi connectivity index (χ1) is 14.5. The molecule has 6 rings (SSSR count). The smallest absolute Gasteiger partial charge is 0.242 e. The number of hydrogen-bond acceptors (Lipinski definition) is 4. The molecule has 4 bridgehead atoms. The topological polar surface area (TPSA) is 76.7 Å². The number of benzene rings is 1. The van der Waals surface area contributed by atoms with Crippen LogP contribution in [-0.2, 0) is 16.0 Å². The molecular formula is C23H29ClN2O4. The summed E-state index contributed by atoms with van der Waals surface area (Å²) < 4.78 is 11.3. The molecule has 1 aromatic carbocycles. The molecule has 0 unspecified atom stereocenters. The van der Waals surface area contributed by atoms with Crippen LogP contribution in [-0.4, -0.2) is 25.0 Å². The van der Waals surface area contributed by atoms with Crippen LogP contribution < -0.4 is 20.3 Å². The van der Waals surface area contributed by atoms with Crippen molar-refractivity contribution >= 4 is 23.4 Å². The molecule has 1 aromatic rings. The fraction of sp³-hybridized carbons (Fsp3) is 0.652. The molecule has 0 aromatic heterocycles. The largest absolute Gasteiger partial charge is 0.489 e. The predicted molar refractivity (Wildman–Crippen MR) is 112 cm³/mol. The van der Waals surface area contributed by atoms with Crippen LogP contribution >= 0.6 is 11.6 Å². The van der Waals surface area contributed by atoms with Crippen molar-refractivity contribution in [3.05, 3.63) is 22.7 Å². The average molecular weight is 433 g/mol. The first kappa shape index (κ1) is 20.0. The molecule has 1 heterocycles. The van der Waals surface area contributed by atoms with Crippen molar-refractivity contribution in [1.29, 1.82) is 0 Å². The van der Waals surface area contributed by atoms with Crippen molar-refractivity contribution in [1.82, 2.24) is 10.9 Å². The molecule has 4 aliphatic carbocycles. The number of ether oxygens (including phenoxy) is 2. The van der Waals surface area contributed by atoms with Gasteiger partial charge in [-0.15, -0.1) is 0 Å². The fourth-order valence-corrected chi connectivity index (χ4v) is 6.93. The second kappa shape index (κ2) is 7.95. The lowest BCUT2D eigenvalue weighted by molar-refractivity contribution is -0.134. The molecule has 5 aliphatic rings. The van der Waals surface area contributed by atoms with Crippen molar-refractivity contribution in [2.45, 2.75) is 57.8 Å². The lowest BCUT2D eigenvalue weighted by Gasteiger charge is -2.56. The Kier molecular flexibility index (Phi) is 5.30. The van der Waals surface area contributed by atoms with Gasteiger partial charge in [-0.3, -0.25) is 20.4 Å². The van der Waals surface area contributed by atoms with E-state index in [2.05, 4.69) is 10.9 Å². The molecule has 30 heavy (non-hydrogen) atoms. The van der Waals surface area contributed by atoms with Gasteiger partial charge in [0.1, 0.15) is 0 Å². The normalized spacial score (nSPS) is 31.2. The number of halogens is 1. The quantitative estimate of drug-likeness (QED) is 0.709. The second-order valence-corrected chi connectivity index (χ2v) is 10.2. The summed E-state index contributed by atoms with van der Waals surface area (Å²) in [6, 6.07) is 3.50. The number of rotatable bonds is 4. The molecule has 6 nitrogen and oxygen atoms in total. The maximum Gasteiger partial charge on any atom is 0.242 e. The molecule has 162 valence electrons. The summed E-state index contributed by atoms with van der Waals surface area (Å²) in [5, 5.41) is 0.433. The summed E-state index contributed by atoms with van der Waals surface area (Å²) in [7, 11) is 0. The third-order valence-corrected chi connectivity index (χ3v) is 7.55. The van der Waals surface area contributed by atoms with Crippen LogP contribution in [0, 0.1) is 23.2 Å². The molecule has 2 N–H and O–H groups in total. The zero-order valence-electron chi connectivity index (χ0n) is 17.2. The number of hydrogen-bond donors (Lipinski definition) is 2. The second-order valence-electron chi connectivity index (χ2n) is 9.82. The fourth-order valence-electron chi connectivity index (χ4n) is 6.65. The summed E-state index contributed by atoms with van der Waals surface area (Å²) in [5.74, 6) is 3.16. The highest BCUT2D eigenvalue weighted by molar-refractivity contribution is 6.32. The number of fused-ring (bicyclic) bond motifs is 1. The third-order valence-electron chi connectivity index (χ3n) is 7.27. The summed E-state index contributed by atoms with van der Waals surface area (Å²) in [5.41, 5.74) is 6.09. The highest BCUT2D eigenvalue weighted by Crippen LogP contribution is 2.61. The van der Waals surface area contributed by atoms with Gasteiger partial charge >= 0.3 is 0 Å². The van der Waals surface area contributed by atoms with Gasteiger partial charge in [0, 0.05) is 12.8 Å². The van der Waals surface area contributed by atoms with Gasteiger partial charge in [0.05, 0.1) is 24.7 Å². The number of hydrazine groups is 1. The van der Waals surface area contributed by atoms with E-state index in [0.29, 0.717) is 36.2 Å². The Balaban J connectivity index is 1.15. The molecule has 0 spiro atoms. The summed E-state index contributed by atoms with van der Waals surface area (Å²) >= 11 is 6.30. The van der Waals surface area contributed by atoms with Crippen LogP contribution in [0.4, 0.5) is 0 Å². The van der Waals surface area contributed by atoms with E-state index in [1.807, 2.05) is 0 Å². The molecule has 0 saturated heterocycles. The monoisotopic (exact) mass is 432 g/mol. The van der Waals surface area contributed by atoms with Crippen LogP contribution in [0.25, 0.3) is 0 Å². The minimum atomic E-state index is -0.278. The van der Waals surface area contributed by atoms with Crippen LogP contribution in [0.1, 0.15) is 56.9 Å². The SMILES string of the molecule is O=C(Cc1cc(Cl)c2c(c1)OCCCO2)NNC(=O)CC12CC3CC(CC(C3)C1)C2. The molecule has 4 saturated carbocycles. The molecule has 0 atom stereocenters. The van der Waals surface area contributed by atoms with Gasteiger partial charge in [-0.05, 0) is 79.4 Å². The van der Waals surface area contributed by atoms with E-state index < -0.39 is 0 Å². The first-order valence-corrected chi connectivity index (χ1v) is 11.5. The van der Waals surface area contributed by atoms with Crippen LogP contribution in [0.15, 0.2) is 12.1 Å². The minimum Gasteiger partial charge on any atom is -0.489 e. The molecule has 4 fully saturated rings. The Morgan fingerprint density at radius 3 is 2.30 bits per heavy atom. The molecule has 2 amide bonds. The van der Waals surface area contributed by atoms with Crippen LogP contribution in [0.5, 0.6) is 11.5 Å². The Morgan fingerprint density at radius 2 is 1.60 bits per heavy atom. The van der Waals surface area contributed by atoms with E-state index in [1.165, 1.54) is 38.5 Å². The number of amides is 2. The first-order valence-electron chi connectivity index (χ1n) is 11.1. The van der Waals surface area contributed by atoms with Gasteiger partial charge in [-0.2, -0.15) is 0 Å². The molecule has 7 heteroatoms. The standard InChI is InChI=1S/C23H29ClN2O4/c24-18-7-14(8-19-22(18)30-3-1-2-29-19)9-20(27)25-26-21(28)13-23-10-15-4-16(11-23)6-17(5-15)12-23/h7-8,15-17H,1-6,9-13H2,(H,25,27)(H,26,28). The van der Waals surface area contributed by atoms with E-state index in [9.17, 15) is 9.59 Å². The van der Waals surface area contributed by atoms with E-state index in [-0.39, 0.29) is 23.7 Å². The Hall–Kier alpha value is -1.95. The Labute approximate surface area is 182 Å². The predicted octanol–water partition coefficient (Wildman–Crippen LogP) is 3.80. The molecular weight excluding hydrogens is 404 g/mol. The number of carbonyl (C=O) groups is 2. The zero-order chi connectivity index (χ0) is 20.7. The van der Waals surface area contributed by atoms with Gasteiger partial charge in [-0.25, -0.2) is 0 Å². The van der Waals surface area contributed by atoms with E-state index in [4.69, 9.17) is 21.1 Å². The van der Waals surface area contributed by atoms with Crippen molar-refractivity contribution in [3.8, 4) is 11.5 Å². The van der Waals surface area contributed by atoms with Gasteiger partial charge in [0.15, 0.2) is 11.5 Å². The Morgan fingerprint density at radius 1 is 0.967 bits per heavy atom. The van der Waals surface area contributed by atoms with E-state index in [0.717, 1.165) is 29.7 Å². The highest BCUT2D eigenvalue weighted by Gasteiger charge is 2.51. The maximum absolute atomic E-state index is 12.6. The third kappa shape index (κ3) is 4.11. The Bertz CT molecular complexity index is 821. The van der Waals surface area contributed by atoms with Crippen molar-refractivity contribution in [2.75, 3.05) is 13.2 Å².